The van der Waals surface area contributed by atoms with Crippen LogP contribution in [0.15, 0.2) is 23.4 Å². The quantitative estimate of drug-likeness (QED) is 0.388. The van der Waals surface area contributed by atoms with E-state index < -0.39 is 0 Å². The number of aromatic nitrogens is 4. The number of rotatable bonds is 5. The molecule has 0 radical (unpaired) electrons. The fraction of sp³-hybridized carbons (Fsp3) is 0.417. The van der Waals surface area contributed by atoms with Crippen molar-refractivity contribution in [3.8, 4) is 11.5 Å². The van der Waals surface area contributed by atoms with E-state index >= 15 is 0 Å². The fourth-order valence-electron chi connectivity index (χ4n) is 4.62. The van der Waals surface area contributed by atoms with Crippen LogP contribution in [0.25, 0.3) is 15.9 Å². The maximum absolute atomic E-state index is 12.7. The van der Waals surface area contributed by atoms with Gasteiger partial charge in [-0.2, -0.15) is 0 Å². The summed E-state index contributed by atoms with van der Waals surface area (Å²) < 4.78 is 12.8. The number of carbonyl (C=O) groups is 1. The second-order valence-electron chi connectivity index (χ2n) is 9.20. The molecule has 0 bridgehead atoms. The van der Waals surface area contributed by atoms with Crippen molar-refractivity contribution in [1.82, 2.24) is 19.6 Å². The predicted octanol–water partition coefficient (Wildman–Crippen LogP) is 5.05. The molecule has 1 N–H and O–H groups in total. The molecule has 1 aliphatic carbocycles. The average Bonchev–Trinajstić information content (AvgIpc) is 3.52. The maximum atomic E-state index is 12.7. The molecule has 0 unspecified atom stereocenters. The summed E-state index contributed by atoms with van der Waals surface area (Å²) in [4.78, 5) is 20.2. The number of fused-ring (bicyclic) bond motifs is 6. The zero-order valence-electron chi connectivity index (χ0n) is 19.3. The Bertz CT molecular complexity index is 1430. The van der Waals surface area contributed by atoms with Gasteiger partial charge in [-0.25, -0.2) is 4.98 Å². The summed E-state index contributed by atoms with van der Waals surface area (Å²) >= 11 is 3.18. The summed E-state index contributed by atoms with van der Waals surface area (Å²) in [6.07, 6.45) is 3.35. The Kier molecular flexibility index (Phi) is 5.37. The lowest BCUT2D eigenvalue weighted by Gasteiger charge is -2.17. The van der Waals surface area contributed by atoms with Gasteiger partial charge in [0.05, 0.1) is 11.1 Å². The van der Waals surface area contributed by atoms with Crippen LogP contribution in [-0.2, 0) is 17.6 Å². The Morgan fingerprint density at radius 1 is 1.29 bits per heavy atom. The van der Waals surface area contributed by atoms with E-state index in [1.165, 1.54) is 28.6 Å². The Morgan fingerprint density at radius 2 is 2.15 bits per heavy atom. The minimum absolute atomic E-state index is 0.123. The number of thioether (sulfide) groups is 1. The molecule has 34 heavy (non-hydrogen) atoms. The van der Waals surface area contributed by atoms with E-state index in [1.54, 1.807) is 29.5 Å². The molecule has 1 aliphatic heterocycles. The second-order valence-corrected chi connectivity index (χ2v) is 11.2. The van der Waals surface area contributed by atoms with Crippen molar-refractivity contribution < 1.29 is 14.3 Å². The summed E-state index contributed by atoms with van der Waals surface area (Å²) in [5.41, 5.74) is 2.92. The lowest BCUT2D eigenvalue weighted by molar-refractivity contribution is -0.113. The van der Waals surface area contributed by atoms with Crippen molar-refractivity contribution in [2.24, 2.45) is 5.92 Å². The van der Waals surface area contributed by atoms with Gasteiger partial charge in [0, 0.05) is 22.5 Å². The topological polar surface area (TPSA) is 90.6 Å². The molecule has 3 aromatic heterocycles. The Morgan fingerprint density at radius 3 is 3.00 bits per heavy atom. The first-order valence-corrected chi connectivity index (χ1v) is 13.3. The van der Waals surface area contributed by atoms with Gasteiger partial charge in [-0.15, -0.1) is 21.5 Å². The third-order valence-corrected chi connectivity index (χ3v) is 8.38. The highest BCUT2D eigenvalue weighted by Crippen LogP contribution is 2.40. The average molecular weight is 496 g/mol. The summed E-state index contributed by atoms with van der Waals surface area (Å²) in [5.74, 6) is 3.24. The Hall–Kier alpha value is -2.85. The molecule has 2 aliphatic rings. The van der Waals surface area contributed by atoms with Crippen LogP contribution in [0.4, 0.5) is 5.69 Å². The van der Waals surface area contributed by atoms with Crippen molar-refractivity contribution in [2.75, 3.05) is 17.9 Å². The highest BCUT2D eigenvalue weighted by molar-refractivity contribution is 7.99. The first kappa shape index (κ1) is 21.7. The number of amides is 1. The van der Waals surface area contributed by atoms with Crippen LogP contribution in [0.3, 0.4) is 0 Å². The number of thiophene rings is 1. The maximum Gasteiger partial charge on any atom is 0.234 e. The normalized spacial score (nSPS) is 17.0. The van der Waals surface area contributed by atoms with Gasteiger partial charge < -0.3 is 14.8 Å². The molecular formula is C24H25N5O3S2. The van der Waals surface area contributed by atoms with Crippen LogP contribution in [0.5, 0.6) is 11.5 Å². The number of nitrogens with zero attached hydrogens (tertiary/aromatic N) is 4. The molecule has 4 aromatic rings. The largest absolute Gasteiger partial charge is 0.454 e. The zero-order valence-corrected chi connectivity index (χ0v) is 20.9. The Labute approximate surface area is 205 Å². The van der Waals surface area contributed by atoms with Crippen molar-refractivity contribution in [1.29, 1.82) is 0 Å². The third kappa shape index (κ3) is 3.69. The van der Waals surface area contributed by atoms with Crippen LogP contribution >= 0.6 is 23.1 Å². The minimum atomic E-state index is -0.123. The molecule has 6 rings (SSSR count). The molecular weight excluding hydrogens is 470 g/mol. The van der Waals surface area contributed by atoms with Crippen LogP contribution < -0.4 is 14.8 Å². The minimum Gasteiger partial charge on any atom is -0.454 e. The third-order valence-electron chi connectivity index (χ3n) is 6.30. The van der Waals surface area contributed by atoms with Crippen molar-refractivity contribution in [3.05, 3.63) is 34.5 Å². The lowest BCUT2D eigenvalue weighted by atomic mass is 9.89. The summed E-state index contributed by atoms with van der Waals surface area (Å²) in [7, 11) is 0. The molecule has 1 amide bonds. The fourth-order valence-corrected chi connectivity index (χ4v) is 6.74. The summed E-state index contributed by atoms with van der Waals surface area (Å²) in [6.45, 7) is 6.78. The van der Waals surface area contributed by atoms with E-state index in [4.69, 9.17) is 14.5 Å². The van der Waals surface area contributed by atoms with Crippen LogP contribution in [0.2, 0.25) is 0 Å². The van der Waals surface area contributed by atoms with Gasteiger partial charge in [0.15, 0.2) is 22.3 Å². The lowest BCUT2D eigenvalue weighted by Crippen LogP contribution is -2.14. The number of nitrogens with one attached hydrogen (secondary N) is 1. The Balaban J connectivity index is 1.29. The van der Waals surface area contributed by atoms with E-state index in [-0.39, 0.29) is 24.4 Å². The molecule has 0 spiro atoms. The standard InChI is InChI=1S/C24H25N5O3S2/c1-12(2)21-26-23-20(15-6-4-13(3)8-18(15)34-23)22-27-28-24(29(21)22)33-10-19(30)25-14-5-7-16-17(9-14)32-11-31-16/h5,7,9,12-13H,4,6,8,10-11H2,1-3H3,(H,25,30)/t13-/m1/s1. The van der Waals surface area contributed by atoms with E-state index in [9.17, 15) is 4.79 Å². The van der Waals surface area contributed by atoms with Gasteiger partial charge in [0.1, 0.15) is 10.7 Å². The van der Waals surface area contributed by atoms with E-state index in [2.05, 4.69) is 40.7 Å². The zero-order chi connectivity index (χ0) is 23.4. The molecule has 176 valence electrons. The van der Waals surface area contributed by atoms with Gasteiger partial charge in [-0.1, -0.05) is 32.5 Å². The van der Waals surface area contributed by atoms with E-state index in [1.807, 2.05) is 0 Å². The van der Waals surface area contributed by atoms with Gasteiger partial charge in [0.2, 0.25) is 12.7 Å². The van der Waals surface area contributed by atoms with Crippen LogP contribution in [0, 0.1) is 5.92 Å². The molecule has 4 heterocycles. The first-order chi connectivity index (χ1) is 16.5. The van der Waals surface area contributed by atoms with Gasteiger partial charge in [-0.3, -0.25) is 9.20 Å². The van der Waals surface area contributed by atoms with Crippen molar-refractivity contribution in [2.45, 2.75) is 51.1 Å². The van der Waals surface area contributed by atoms with Crippen molar-refractivity contribution >= 4 is 50.6 Å². The summed E-state index contributed by atoms with van der Waals surface area (Å²) in [6, 6.07) is 5.38. The van der Waals surface area contributed by atoms with Crippen molar-refractivity contribution in [3.63, 3.8) is 0 Å². The van der Waals surface area contributed by atoms with E-state index in [0.717, 1.165) is 34.5 Å². The summed E-state index contributed by atoms with van der Waals surface area (Å²) in [5, 5.41) is 13.8. The number of ether oxygens (including phenoxy) is 2. The second kappa shape index (κ2) is 8.42. The number of anilines is 1. The molecule has 0 fully saturated rings. The number of hydrogen-bond acceptors (Lipinski definition) is 8. The SMILES string of the molecule is CC(C)c1nc2sc3c(c2c2nnc(SCC(=O)Nc4ccc5c(c4)OCO5)n12)CC[C@@H](C)C3. The molecule has 1 aromatic carbocycles. The van der Waals surface area contributed by atoms with E-state index in [0.29, 0.717) is 28.3 Å². The molecule has 1 atom stereocenters. The molecule has 8 nitrogen and oxygen atoms in total. The van der Waals surface area contributed by atoms with Gasteiger partial charge in [0.25, 0.3) is 0 Å². The van der Waals surface area contributed by atoms with Crippen LogP contribution in [-0.4, -0.2) is 38.0 Å². The van der Waals surface area contributed by atoms with Crippen LogP contribution in [0.1, 0.15) is 49.4 Å². The highest BCUT2D eigenvalue weighted by atomic mass is 32.2. The van der Waals surface area contributed by atoms with Gasteiger partial charge >= 0.3 is 0 Å². The molecule has 10 heteroatoms. The number of carbonyl (C=O) groups excluding carboxylic acids is 1. The highest BCUT2D eigenvalue weighted by Gasteiger charge is 2.26. The number of hydrogen-bond donors (Lipinski definition) is 1. The van der Waals surface area contributed by atoms with Gasteiger partial charge in [-0.05, 0) is 42.9 Å². The first-order valence-electron chi connectivity index (χ1n) is 11.5. The number of benzene rings is 1. The number of aryl methyl sites for hydroxylation is 1. The smallest absolute Gasteiger partial charge is 0.234 e. The predicted molar refractivity (Wildman–Crippen MR) is 133 cm³/mol. The molecule has 0 saturated carbocycles. The monoisotopic (exact) mass is 495 g/mol. The molecule has 0 saturated heterocycles.